The van der Waals surface area contributed by atoms with Crippen LogP contribution in [0, 0.1) is 0 Å². The van der Waals surface area contributed by atoms with Crippen LogP contribution in [-0.2, 0) is 10.8 Å². The van der Waals surface area contributed by atoms with Gasteiger partial charge in [-0.25, -0.2) is 0 Å². The first-order valence-corrected chi connectivity index (χ1v) is 10.1. The second-order valence-electron chi connectivity index (χ2n) is 5.90. The zero-order chi connectivity index (χ0) is 16.7. The van der Waals surface area contributed by atoms with E-state index in [2.05, 4.69) is 16.5 Å². The Morgan fingerprint density at radius 2 is 1.75 bits per heavy atom. The zero-order valence-electron chi connectivity index (χ0n) is 12.9. The summed E-state index contributed by atoms with van der Waals surface area (Å²) in [6.07, 6.45) is 0. The van der Waals surface area contributed by atoms with Crippen molar-refractivity contribution in [3.8, 4) is 0 Å². The third kappa shape index (κ3) is 2.61. The Morgan fingerprint density at radius 3 is 2.46 bits per heavy atom. The van der Waals surface area contributed by atoms with Crippen LogP contribution in [0.15, 0.2) is 54.6 Å². The Kier molecular flexibility index (Phi) is 4.24. The molecule has 6 heteroatoms. The van der Waals surface area contributed by atoms with Gasteiger partial charge in [0.25, 0.3) is 0 Å². The minimum Gasteiger partial charge on any atom is -0.258 e. The van der Waals surface area contributed by atoms with Gasteiger partial charge in [0, 0.05) is 21.7 Å². The van der Waals surface area contributed by atoms with Crippen LogP contribution < -0.4 is 0 Å². The summed E-state index contributed by atoms with van der Waals surface area (Å²) < 4.78 is 17.7. The van der Waals surface area contributed by atoms with Gasteiger partial charge in [0.15, 0.2) is 0 Å². The van der Waals surface area contributed by atoms with Crippen molar-refractivity contribution < 1.29 is 4.21 Å². The molecule has 1 aliphatic heterocycles. The fourth-order valence-corrected chi connectivity index (χ4v) is 6.60. The lowest BCUT2D eigenvalue weighted by atomic mass is 9.94. The fourth-order valence-electron chi connectivity index (χ4n) is 3.29. The quantitative estimate of drug-likeness (QED) is 0.641. The van der Waals surface area contributed by atoms with Gasteiger partial charge >= 0.3 is 0 Å². The summed E-state index contributed by atoms with van der Waals surface area (Å²) in [5, 5.41) is 4.72. The lowest BCUT2D eigenvalue weighted by Gasteiger charge is -2.32. The van der Waals surface area contributed by atoms with Gasteiger partial charge in [0.2, 0.25) is 0 Å². The smallest absolute Gasteiger partial charge is 0.0981 e. The molecule has 4 rings (SSSR count). The van der Waals surface area contributed by atoms with Crippen LogP contribution in [-0.4, -0.2) is 13.8 Å². The number of hydrogen-bond donors (Lipinski definition) is 0. The lowest BCUT2D eigenvalue weighted by Crippen LogP contribution is -2.26. The first-order chi connectivity index (χ1) is 11.7. The molecule has 0 N–H and O–H groups in total. The molecule has 3 nitrogen and oxygen atoms in total. The normalized spacial score (nSPS) is 26.1. The highest BCUT2D eigenvalue weighted by atomic mass is 35.5. The molecule has 24 heavy (non-hydrogen) atoms. The van der Waals surface area contributed by atoms with E-state index in [-0.39, 0.29) is 16.4 Å². The van der Waals surface area contributed by atoms with Crippen LogP contribution in [0.3, 0.4) is 0 Å². The highest BCUT2D eigenvalue weighted by Gasteiger charge is 2.42. The van der Waals surface area contributed by atoms with Crippen molar-refractivity contribution in [3.05, 3.63) is 81.3 Å². The topological polar surface area (TPSA) is 42.9 Å². The molecule has 0 amide bonds. The molecule has 0 saturated carbocycles. The average molecular weight is 375 g/mol. The minimum absolute atomic E-state index is 0.0746. The molecule has 122 valence electrons. The highest BCUT2D eigenvalue weighted by molar-refractivity contribution is 7.86. The largest absolute Gasteiger partial charge is 0.258 e. The molecule has 1 aliphatic rings. The number of aromatic nitrogens is 2. The molecule has 0 fully saturated rings. The summed E-state index contributed by atoms with van der Waals surface area (Å²) >= 11 is 7.37. The number of fused-ring (bicyclic) bond motifs is 1. The summed E-state index contributed by atoms with van der Waals surface area (Å²) in [6.45, 7) is 2.09. The van der Waals surface area contributed by atoms with Crippen molar-refractivity contribution in [2.24, 2.45) is 0 Å². The number of rotatable bonds is 2. The van der Waals surface area contributed by atoms with Gasteiger partial charge in [-0.1, -0.05) is 65.5 Å². The molecule has 3 aromatic rings. The van der Waals surface area contributed by atoms with Gasteiger partial charge in [-0.05, 0) is 34.8 Å². The first kappa shape index (κ1) is 15.9. The lowest BCUT2D eigenvalue weighted by molar-refractivity contribution is 0.620. The van der Waals surface area contributed by atoms with Gasteiger partial charge in [0.1, 0.15) is 0 Å². The summed E-state index contributed by atoms with van der Waals surface area (Å²) in [6, 6.07) is 17.6. The van der Waals surface area contributed by atoms with Gasteiger partial charge < -0.3 is 0 Å². The van der Waals surface area contributed by atoms with Crippen LogP contribution >= 0.6 is 23.1 Å². The highest BCUT2D eigenvalue weighted by Crippen LogP contribution is 2.50. The van der Waals surface area contributed by atoms with E-state index in [1.165, 1.54) is 11.5 Å². The van der Waals surface area contributed by atoms with Crippen molar-refractivity contribution >= 4 is 33.9 Å². The first-order valence-electron chi connectivity index (χ1n) is 7.68. The van der Waals surface area contributed by atoms with E-state index in [4.69, 9.17) is 11.6 Å². The molecule has 2 aromatic carbocycles. The van der Waals surface area contributed by atoms with E-state index in [0.717, 1.165) is 21.7 Å². The predicted octanol–water partition coefficient (Wildman–Crippen LogP) is 4.89. The monoisotopic (exact) mass is 374 g/mol. The Bertz CT molecular complexity index is 880. The van der Waals surface area contributed by atoms with E-state index in [9.17, 15) is 4.21 Å². The molecule has 0 radical (unpaired) electrons. The molecular formula is C18H15ClN2OS2. The van der Waals surface area contributed by atoms with E-state index >= 15 is 0 Å². The molecule has 4 unspecified atom stereocenters. The van der Waals surface area contributed by atoms with Gasteiger partial charge in [-0.15, -0.1) is 5.10 Å². The summed E-state index contributed by atoms with van der Waals surface area (Å²) in [5.41, 5.74) is 3.05. The molecule has 0 spiro atoms. The summed E-state index contributed by atoms with van der Waals surface area (Å²) in [4.78, 5) is 1.01. The number of nitrogens with zero attached hydrogens (tertiary/aromatic N) is 2. The third-order valence-corrected chi connectivity index (χ3v) is 7.81. The summed E-state index contributed by atoms with van der Waals surface area (Å²) in [7, 11) is -1.11. The van der Waals surface area contributed by atoms with E-state index in [1.54, 1.807) is 0 Å². The second kappa shape index (κ2) is 6.39. The molecule has 0 bridgehead atoms. The summed E-state index contributed by atoms with van der Waals surface area (Å²) in [5.74, 6) is 0.0746. The van der Waals surface area contributed by atoms with E-state index in [1.807, 2.05) is 54.6 Å². The Labute approximate surface area is 152 Å². The zero-order valence-corrected chi connectivity index (χ0v) is 15.3. The Morgan fingerprint density at radius 1 is 1.04 bits per heavy atom. The van der Waals surface area contributed by atoms with Crippen LogP contribution in [0.5, 0.6) is 0 Å². The van der Waals surface area contributed by atoms with E-state index < -0.39 is 10.8 Å². The van der Waals surface area contributed by atoms with Crippen molar-refractivity contribution in [1.82, 2.24) is 9.59 Å². The van der Waals surface area contributed by atoms with Crippen molar-refractivity contribution in [1.29, 1.82) is 0 Å². The SMILES string of the molecule is CC1c2nnsc2C(c2ccc(Cl)cc2)S(=O)C1c1ccccc1. The van der Waals surface area contributed by atoms with Gasteiger partial charge in [-0.2, -0.15) is 0 Å². The van der Waals surface area contributed by atoms with Crippen molar-refractivity contribution in [3.63, 3.8) is 0 Å². The molecule has 1 aromatic heterocycles. The Balaban J connectivity index is 1.86. The molecule has 0 saturated heterocycles. The molecule has 4 atom stereocenters. The van der Waals surface area contributed by atoms with E-state index in [0.29, 0.717) is 5.02 Å². The maximum atomic E-state index is 13.5. The van der Waals surface area contributed by atoms with Crippen LogP contribution in [0.1, 0.15) is 45.0 Å². The second-order valence-corrected chi connectivity index (χ2v) is 8.76. The van der Waals surface area contributed by atoms with Crippen molar-refractivity contribution in [2.75, 3.05) is 0 Å². The Hall–Kier alpha value is -1.56. The minimum atomic E-state index is -1.11. The third-order valence-electron chi connectivity index (χ3n) is 4.45. The van der Waals surface area contributed by atoms with Gasteiger partial charge in [-0.3, -0.25) is 4.21 Å². The number of benzene rings is 2. The van der Waals surface area contributed by atoms with Crippen LogP contribution in [0.4, 0.5) is 0 Å². The number of hydrogen-bond acceptors (Lipinski definition) is 4. The van der Waals surface area contributed by atoms with Crippen LogP contribution in [0.2, 0.25) is 5.02 Å². The average Bonchev–Trinajstić information content (AvgIpc) is 3.07. The molecular weight excluding hydrogens is 360 g/mol. The molecule has 2 heterocycles. The van der Waals surface area contributed by atoms with Crippen molar-refractivity contribution in [2.45, 2.75) is 23.3 Å². The maximum Gasteiger partial charge on any atom is 0.0981 e. The maximum absolute atomic E-state index is 13.5. The fraction of sp³-hybridized carbons (Fsp3) is 0.222. The predicted molar refractivity (Wildman–Crippen MR) is 98.9 cm³/mol. The standard InChI is InChI=1S/C18H15ClN2OS2/c1-11-15-16(23-21-20-15)18(13-7-9-14(19)10-8-13)24(22)17(11)12-5-3-2-4-6-12/h2-11,17-18H,1H3. The molecule has 0 aliphatic carbocycles. The number of halogens is 1. The van der Waals surface area contributed by atoms with Crippen LogP contribution in [0.25, 0.3) is 0 Å². The van der Waals surface area contributed by atoms with Gasteiger partial charge in [0.05, 0.1) is 21.1 Å².